The predicted molar refractivity (Wildman–Crippen MR) is 109 cm³/mol. The average Bonchev–Trinajstić information content (AvgIpc) is 3.20. The standard InChI is InChI=1S/C21H21N3O3S/c1-14-8-6-7-11-19(14)24-20(17-12-28(26)13-18(17)23-24)22-21(25)15(2)27-16-9-4-3-5-10-16/h3-11,15H,12-13H2,1-2H3,(H,22,25)/t15-,28+/m0/s1. The summed E-state index contributed by atoms with van der Waals surface area (Å²) in [5, 5.41) is 7.60. The van der Waals surface area contributed by atoms with Crippen molar-refractivity contribution in [2.75, 3.05) is 5.32 Å². The number of amides is 1. The van der Waals surface area contributed by atoms with E-state index in [2.05, 4.69) is 10.4 Å². The van der Waals surface area contributed by atoms with E-state index in [9.17, 15) is 9.00 Å². The minimum atomic E-state index is -0.984. The van der Waals surface area contributed by atoms with E-state index < -0.39 is 16.9 Å². The Balaban J connectivity index is 1.64. The zero-order chi connectivity index (χ0) is 19.7. The molecule has 1 N–H and O–H groups in total. The predicted octanol–water partition coefficient (Wildman–Crippen LogP) is 3.35. The maximum absolute atomic E-state index is 12.8. The van der Waals surface area contributed by atoms with Crippen LogP contribution >= 0.6 is 0 Å². The first kappa shape index (κ1) is 18.4. The Morgan fingerprint density at radius 3 is 2.61 bits per heavy atom. The number of fused-ring (bicyclic) bond motifs is 1. The summed E-state index contributed by atoms with van der Waals surface area (Å²) in [6.07, 6.45) is -0.690. The summed E-state index contributed by atoms with van der Waals surface area (Å²) in [4.78, 5) is 12.8. The first-order chi connectivity index (χ1) is 13.5. The summed E-state index contributed by atoms with van der Waals surface area (Å²) in [6.45, 7) is 3.70. The van der Waals surface area contributed by atoms with Crippen LogP contribution in [0, 0.1) is 6.92 Å². The minimum Gasteiger partial charge on any atom is -0.481 e. The minimum absolute atomic E-state index is 0.279. The molecule has 1 aliphatic rings. The maximum Gasteiger partial charge on any atom is 0.266 e. The lowest BCUT2D eigenvalue weighted by Crippen LogP contribution is -2.31. The van der Waals surface area contributed by atoms with Crippen LogP contribution in [0.2, 0.25) is 0 Å². The van der Waals surface area contributed by atoms with Crippen molar-refractivity contribution in [1.82, 2.24) is 9.78 Å². The molecule has 6 nitrogen and oxygen atoms in total. The molecule has 0 radical (unpaired) electrons. The third kappa shape index (κ3) is 3.57. The highest BCUT2D eigenvalue weighted by Crippen LogP contribution is 2.32. The number of rotatable bonds is 5. The van der Waals surface area contributed by atoms with Crippen molar-refractivity contribution >= 4 is 22.5 Å². The molecule has 28 heavy (non-hydrogen) atoms. The SMILES string of the molecule is Cc1ccccc1-n1nc2c(c1NC(=O)[C@H](C)Oc1ccccc1)C[S@@](=O)C2. The molecule has 1 aromatic heterocycles. The van der Waals surface area contributed by atoms with Gasteiger partial charge in [0.15, 0.2) is 6.10 Å². The first-order valence-electron chi connectivity index (χ1n) is 9.07. The molecule has 144 valence electrons. The van der Waals surface area contributed by atoms with Crippen LogP contribution in [0.4, 0.5) is 5.82 Å². The normalized spacial score (nSPS) is 16.4. The van der Waals surface area contributed by atoms with Gasteiger partial charge in [0.05, 0.1) is 22.9 Å². The van der Waals surface area contributed by atoms with Gasteiger partial charge in [-0.25, -0.2) is 4.68 Å². The van der Waals surface area contributed by atoms with Gasteiger partial charge in [0.2, 0.25) is 0 Å². The Morgan fingerprint density at radius 1 is 1.14 bits per heavy atom. The van der Waals surface area contributed by atoms with Crippen molar-refractivity contribution in [3.05, 3.63) is 71.4 Å². The molecule has 1 amide bonds. The number of nitrogens with one attached hydrogen (secondary N) is 1. The number of carbonyl (C=O) groups is 1. The summed E-state index contributed by atoms with van der Waals surface area (Å²) in [5.74, 6) is 1.73. The van der Waals surface area contributed by atoms with Crippen molar-refractivity contribution in [1.29, 1.82) is 0 Å². The summed E-state index contributed by atoms with van der Waals surface area (Å²) in [6, 6.07) is 17.1. The molecule has 2 aromatic carbocycles. The number of para-hydroxylation sites is 2. The molecule has 0 spiro atoms. The van der Waals surface area contributed by atoms with E-state index in [0.717, 1.165) is 22.5 Å². The number of aromatic nitrogens is 2. The average molecular weight is 395 g/mol. The molecule has 0 saturated heterocycles. The van der Waals surface area contributed by atoms with Crippen molar-refractivity contribution in [2.24, 2.45) is 0 Å². The van der Waals surface area contributed by atoms with Gasteiger partial charge >= 0.3 is 0 Å². The van der Waals surface area contributed by atoms with Crippen molar-refractivity contribution in [3.8, 4) is 11.4 Å². The van der Waals surface area contributed by atoms with E-state index in [4.69, 9.17) is 4.74 Å². The van der Waals surface area contributed by atoms with Crippen LogP contribution in [0.25, 0.3) is 5.69 Å². The molecule has 7 heteroatoms. The van der Waals surface area contributed by atoms with E-state index in [1.54, 1.807) is 11.6 Å². The van der Waals surface area contributed by atoms with E-state index in [1.807, 2.05) is 61.5 Å². The summed E-state index contributed by atoms with van der Waals surface area (Å²) in [5.41, 5.74) is 3.53. The van der Waals surface area contributed by atoms with E-state index >= 15 is 0 Å². The molecule has 1 aliphatic heterocycles. The van der Waals surface area contributed by atoms with E-state index in [1.165, 1.54) is 0 Å². The molecule has 0 unspecified atom stereocenters. The first-order valence-corrected chi connectivity index (χ1v) is 10.6. The maximum atomic E-state index is 12.8. The second-order valence-corrected chi connectivity index (χ2v) is 8.22. The highest BCUT2D eigenvalue weighted by molar-refractivity contribution is 7.83. The number of benzene rings is 2. The summed E-state index contributed by atoms with van der Waals surface area (Å²) >= 11 is 0. The highest BCUT2D eigenvalue weighted by Gasteiger charge is 2.29. The van der Waals surface area contributed by atoms with E-state index in [0.29, 0.717) is 23.1 Å². The largest absolute Gasteiger partial charge is 0.481 e. The lowest BCUT2D eigenvalue weighted by molar-refractivity contribution is -0.122. The Bertz CT molecular complexity index is 1050. The van der Waals surface area contributed by atoms with Crippen LogP contribution in [-0.2, 0) is 27.1 Å². The lowest BCUT2D eigenvalue weighted by atomic mass is 10.2. The van der Waals surface area contributed by atoms with Crippen LogP contribution < -0.4 is 10.1 Å². The Kier molecular flexibility index (Phi) is 5.00. The number of nitrogens with zero attached hydrogens (tertiary/aromatic N) is 2. The molecular formula is C21H21N3O3S. The fourth-order valence-corrected chi connectivity index (χ4v) is 4.47. The second kappa shape index (κ2) is 7.59. The van der Waals surface area contributed by atoms with Gasteiger partial charge in [0, 0.05) is 16.4 Å². The van der Waals surface area contributed by atoms with Gasteiger partial charge in [-0.15, -0.1) is 0 Å². The number of hydrogen-bond donors (Lipinski definition) is 1. The number of hydrogen-bond acceptors (Lipinski definition) is 4. The molecule has 0 bridgehead atoms. The van der Waals surface area contributed by atoms with Gasteiger partial charge in [0.1, 0.15) is 11.6 Å². The van der Waals surface area contributed by atoms with Crippen LogP contribution in [-0.4, -0.2) is 26.0 Å². The van der Waals surface area contributed by atoms with Gasteiger partial charge in [-0.05, 0) is 37.6 Å². The third-order valence-corrected chi connectivity index (χ3v) is 5.89. The summed E-state index contributed by atoms with van der Waals surface area (Å²) in [7, 11) is -0.984. The number of anilines is 1. The summed E-state index contributed by atoms with van der Waals surface area (Å²) < 4.78 is 19.5. The Labute approximate surface area is 166 Å². The molecule has 0 saturated carbocycles. The number of aryl methyl sites for hydroxylation is 1. The van der Waals surface area contributed by atoms with E-state index in [-0.39, 0.29) is 5.91 Å². The van der Waals surface area contributed by atoms with Gasteiger partial charge < -0.3 is 10.1 Å². The van der Waals surface area contributed by atoms with Crippen molar-refractivity contribution in [3.63, 3.8) is 0 Å². The topological polar surface area (TPSA) is 73.2 Å². The van der Waals surface area contributed by atoms with Crippen LogP contribution in [0.5, 0.6) is 5.75 Å². The van der Waals surface area contributed by atoms with Crippen molar-refractivity contribution < 1.29 is 13.7 Å². The van der Waals surface area contributed by atoms with Gasteiger partial charge in [-0.1, -0.05) is 36.4 Å². The molecule has 4 rings (SSSR count). The van der Waals surface area contributed by atoms with Crippen LogP contribution in [0.3, 0.4) is 0 Å². The van der Waals surface area contributed by atoms with Gasteiger partial charge in [-0.2, -0.15) is 5.10 Å². The van der Waals surface area contributed by atoms with Crippen molar-refractivity contribution in [2.45, 2.75) is 31.5 Å². The monoisotopic (exact) mass is 395 g/mol. The molecule has 3 aromatic rings. The molecule has 2 atom stereocenters. The number of carbonyl (C=O) groups excluding carboxylic acids is 1. The fourth-order valence-electron chi connectivity index (χ4n) is 3.21. The second-order valence-electron chi connectivity index (χ2n) is 6.76. The Hall–Kier alpha value is -2.93. The zero-order valence-electron chi connectivity index (χ0n) is 15.7. The highest BCUT2D eigenvalue weighted by atomic mass is 32.2. The van der Waals surface area contributed by atoms with Crippen LogP contribution in [0.15, 0.2) is 54.6 Å². The smallest absolute Gasteiger partial charge is 0.266 e. The Morgan fingerprint density at radius 2 is 1.86 bits per heavy atom. The zero-order valence-corrected chi connectivity index (χ0v) is 16.5. The fraction of sp³-hybridized carbons (Fsp3) is 0.238. The van der Waals surface area contributed by atoms with Crippen LogP contribution in [0.1, 0.15) is 23.7 Å². The van der Waals surface area contributed by atoms with Gasteiger partial charge in [0.25, 0.3) is 5.91 Å². The molecular weight excluding hydrogens is 374 g/mol. The molecule has 0 fully saturated rings. The quantitative estimate of drug-likeness (QED) is 0.719. The lowest BCUT2D eigenvalue weighted by Gasteiger charge is -2.17. The molecule has 2 heterocycles. The molecule has 0 aliphatic carbocycles. The third-order valence-electron chi connectivity index (χ3n) is 4.68. The number of ether oxygens (including phenoxy) is 1. The van der Waals surface area contributed by atoms with Gasteiger partial charge in [-0.3, -0.25) is 9.00 Å².